The van der Waals surface area contributed by atoms with Crippen molar-refractivity contribution in [3.63, 3.8) is 0 Å². The van der Waals surface area contributed by atoms with Crippen molar-refractivity contribution in [1.29, 1.82) is 0 Å². The highest BCUT2D eigenvalue weighted by molar-refractivity contribution is 6.04. The summed E-state index contributed by atoms with van der Waals surface area (Å²) >= 11 is 0. The van der Waals surface area contributed by atoms with Gasteiger partial charge in [-0.2, -0.15) is 0 Å². The van der Waals surface area contributed by atoms with E-state index in [0.717, 1.165) is 151 Å². The molecular formula is C84H87F6N21O6. The molecule has 12 aromatic rings. The molecule has 33 heteroatoms. The van der Waals surface area contributed by atoms with E-state index in [4.69, 9.17) is 14.2 Å². The third-order valence-electron chi connectivity index (χ3n) is 21.8. The van der Waals surface area contributed by atoms with Crippen molar-refractivity contribution in [2.45, 2.75) is 47.0 Å². The molecule has 18 rings (SSSR count). The fourth-order valence-electron chi connectivity index (χ4n) is 14.8. The van der Waals surface area contributed by atoms with Crippen molar-refractivity contribution in [2.75, 3.05) is 162 Å². The van der Waals surface area contributed by atoms with Gasteiger partial charge in [-0.15, -0.1) is 0 Å². The molecule has 606 valence electrons. The van der Waals surface area contributed by atoms with Crippen molar-refractivity contribution in [3.05, 3.63) is 197 Å². The fraction of sp³-hybridized carbons (Fsp3) is 0.321. The van der Waals surface area contributed by atoms with Crippen molar-refractivity contribution in [3.8, 4) is 34.9 Å². The Morgan fingerprint density at radius 1 is 0.393 bits per heavy atom. The van der Waals surface area contributed by atoms with Crippen LogP contribution >= 0.6 is 0 Å². The molecular weight excluding hydrogens is 1510 g/mol. The number of likely N-dealkylation sites (N-methyl/N-ethyl adjacent to an activating group) is 2. The molecule has 27 nitrogen and oxygen atoms in total. The Morgan fingerprint density at radius 3 is 0.983 bits per heavy atom. The predicted molar refractivity (Wildman–Crippen MR) is 435 cm³/mol. The molecule has 6 aliphatic rings. The molecule has 6 aromatic heterocycles. The number of anilines is 9. The van der Waals surface area contributed by atoms with Crippen LogP contribution in [0.5, 0.6) is 34.9 Å². The zero-order valence-electron chi connectivity index (χ0n) is 65.2. The molecule has 117 heavy (non-hydrogen) atoms. The lowest BCUT2D eigenvalue weighted by Crippen LogP contribution is -2.46. The van der Waals surface area contributed by atoms with Crippen molar-refractivity contribution in [2.24, 2.45) is 0 Å². The van der Waals surface area contributed by atoms with Gasteiger partial charge in [-0.1, -0.05) is 6.92 Å². The van der Waals surface area contributed by atoms with E-state index in [2.05, 4.69) is 105 Å². The number of fused-ring (bicyclic) bond motifs is 3. The number of nitrogens with one attached hydrogen (secondary N) is 7. The Hall–Kier alpha value is -12.8. The van der Waals surface area contributed by atoms with E-state index in [1.54, 1.807) is 35.5 Å². The second-order valence-corrected chi connectivity index (χ2v) is 29.6. The van der Waals surface area contributed by atoms with Gasteiger partial charge in [0.15, 0.2) is 69.6 Å². The second-order valence-electron chi connectivity index (χ2n) is 29.6. The Labute approximate surface area is 669 Å². The van der Waals surface area contributed by atoms with Crippen LogP contribution in [0.2, 0.25) is 0 Å². The first-order valence-corrected chi connectivity index (χ1v) is 39.1. The van der Waals surface area contributed by atoms with Gasteiger partial charge in [0.1, 0.15) is 35.7 Å². The SMILES string of the molecule is CCN1CCN(c2ccc(Nc3ncnc(Oc4cc(F)c5[nH]c(C)cc5c4F)c3C(=O)N3CCC3)cc2)CC1.Cc1cc2c(F)c(Oc3ncnc(Nc4ccc(N5CCN(C)CC5)cc4)c3C(=O)N3CCC3)cc(F)c2[nH]1.Cc1cc2c(F)c(Oc3ncnc(Nc4ccc(N5CCNCC5)cc4)c3C(=O)N3CCC3)cc(F)c2[nH]1. The molecule has 0 saturated carbocycles. The van der Waals surface area contributed by atoms with Crippen molar-refractivity contribution >= 4 is 102 Å². The molecule has 0 aliphatic carbocycles. The number of nitrogens with zero attached hydrogens (tertiary/aromatic N) is 14. The maximum atomic E-state index is 15.3. The van der Waals surface area contributed by atoms with Crippen LogP contribution in [0.4, 0.5) is 77.9 Å². The van der Waals surface area contributed by atoms with Gasteiger partial charge >= 0.3 is 0 Å². The van der Waals surface area contributed by atoms with Crippen LogP contribution in [0, 0.1) is 55.7 Å². The van der Waals surface area contributed by atoms with Crippen molar-refractivity contribution in [1.82, 2.24) is 74.7 Å². The van der Waals surface area contributed by atoms with E-state index < -0.39 is 34.9 Å². The Bertz CT molecular complexity index is 5660. The van der Waals surface area contributed by atoms with E-state index in [1.165, 1.54) is 37.2 Å². The maximum absolute atomic E-state index is 15.3. The summed E-state index contributed by atoms with van der Waals surface area (Å²) in [6, 6.07) is 31.0. The predicted octanol–water partition coefficient (Wildman–Crippen LogP) is 14.1. The number of hydrogen-bond acceptors (Lipinski definition) is 21. The van der Waals surface area contributed by atoms with Crippen LogP contribution in [-0.4, -0.2) is 218 Å². The zero-order valence-corrected chi connectivity index (χ0v) is 65.2. The standard InChI is InChI=1S/C29H31F2N7O2.C28H29F2N7O2.C27H27F2N7O2/c1-3-36-11-13-37(14-12-36)20-7-5-19(6-8-20)35-27-24(29(39)38-9-4-10-38)28(33-17-32-27)40-23-16-22(30)26-21(25(23)31)15-18(2)34-26;1-17-14-20-24(30)22(15-21(29)25(20)33-17)39-27-23(28(38)37-8-3-9-37)26(31-16-32-27)34-18-4-6-19(7-5-18)36-12-10-35(2)11-13-36;1-16-13-19-23(29)21(14-20(28)24(19)33-16)38-26-22(27(37)36-9-2-10-36)25(31-15-32-26)34-17-3-5-18(6-4-17)35-11-7-30-8-12-35/h5-8,15-17,34H,3-4,9-14H2,1-2H3,(H,32,33,35);4-7,14-16,33H,3,8-13H2,1-2H3,(H,31,32,34);3-6,13-15,30,33H,2,7-12H2,1H3,(H,31,32,34). The molecule has 0 spiro atoms. The first-order chi connectivity index (χ1) is 56.7. The van der Waals surface area contributed by atoms with Gasteiger partial charge in [0.2, 0.25) is 17.6 Å². The number of aromatic amines is 3. The van der Waals surface area contributed by atoms with E-state index in [-0.39, 0.29) is 119 Å². The average molecular weight is 1600 g/mol. The summed E-state index contributed by atoms with van der Waals surface area (Å²) in [6.07, 6.45) is 6.35. The number of halogens is 6. The second kappa shape index (κ2) is 34.0. The van der Waals surface area contributed by atoms with Gasteiger partial charge in [-0.3, -0.25) is 14.4 Å². The lowest BCUT2D eigenvalue weighted by Gasteiger charge is -2.35. The number of carbonyl (C=O) groups is 3. The summed E-state index contributed by atoms with van der Waals surface area (Å²) in [5.74, 6) is -6.12. The minimum absolute atomic E-state index is 0.0542. The van der Waals surface area contributed by atoms with Gasteiger partial charge in [-0.25, -0.2) is 56.2 Å². The van der Waals surface area contributed by atoms with Crippen LogP contribution < -0.4 is 50.2 Å². The quantitative estimate of drug-likeness (QED) is 0.0371. The molecule has 7 N–H and O–H groups in total. The zero-order chi connectivity index (χ0) is 81.1. The molecule has 0 unspecified atom stereocenters. The van der Waals surface area contributed by atoms with Crippen molar-refractivity contribution < 1.29 is 54.9 Å². The van der Waals surface area contributed by atoms with Gasteiger partial charge < -0.3 is 89.6 Å². The third-order valence-corrected chi connectivity index (χ3v) is 21.8. The smallest absolute Gasteiger partial charge is 0.263 e. The summed E-state index contributed by atoms with van der Waals surface area (Å²) in [7, 11) is 2.12. The topological polar surface area (TPSA) is 278 Å². The van der Waals surface area contributed by atoms with Gasteiger partial charge in [0.05, 0.1) is 16.6 Å². The van der Waals surface area contributed by atoms with Gasteiger partial charge in [0, 0.05) is 203 Å². The molecule has 0 bridgehead atoms. The maximum Gasteiger partial charge on any atom is 0.263 e. The van der Waals surface area contributed by atoms with E-state index in [9.17, 15) is 27.6 Å². The van der Waals surface area contributed by atoms with E-state index in [0.29, 0.717) is 62.0 Å². The van der Waals surface area contributed by atoms with Crippen LogP contribution in [0.15, 0.2) is 128 Å². The Kier molecular flexibility index (Phi) is 22.7. The number of benzene rings is 6. The Morgan fingerprint density at radius 2 is 0.692 bits per heavy atom. The fourth-order valence-corrected chi connectivity index (χ4v) is 14.8. The average Bonchev–Trinajstić information content (AvgIpc) is 1.77. The highest BCUT2D eigenvalue weighted by Crippen LogP contribution is 2.41. The molecule has 0 radical (unpaired) electrons. The largest absolute Gasteiger partial charge is 0.435 e. The van der Waals surface area contributed by atoms with Crippen LogP contribution in [0.1, 0.15) is 74.3 Å². The normalized spacial score (nSPS) is 15.7. The molecule has 3 amide bonds. The number of aromatic nitrogens is 9. The summed E-state index contributed by atoms with van der Waals surface area (Å²) in [5.41, 5.74) is 7.68. The molecule has 6 saturated heterocycles. The first kappa shape index (κ1) is 78.2. The number of hydrogen-bond donors (Lipinski definition) is 7. The summed E-state index contributed by atoms with van der Waals surface area (Å²) < 4.78 is 107. The molecule has 6 fully saturated rings. The summed E-state index contributed by atoms with van der Waals surface area (Å²) in [6.45, 7) is 23.5. The lowest BCUT2D eigenvalue weighted by molar-refractivity contribution is 0.0641. The third kappa shape index (κ3) is 16.8. The summed E-state index contributed by atoms with van der Waals surface area (Å²) in [4.78, 5) is 90.8. The number of aryl methyl sites for hydroxylation is 3. The number of rotatable bonds is 19. The molecule has 12 heterocycles. The van der Waals surface area contributed by atoms with Crippen LogP contribution in [0.3, 0.4) is 0 Å². The van der Waals surface area contributed by atoms with Crippen LogP contribution in [-0.2, 0) is 0 Å². The number of amides is 3. The van der Waals surface area contributed by atoms with Gasteiger partial charge in [0.25, 0.3) is 17.7 Å². The highest BCUT2D eigenvalue weighted by Gasteiger charge is 2.35. The lowest BCUT2D eigenvalue weighted by atomic mass is 10.1. The number of H-pyrrole nitrogens is 3. The number of ether oxygens (including phenoxy) is 3. The van der Waals surface area contributed by atoms with E-state index in [1.807, 2.05) is 72.8 Å². The molecule has 6 aliphatic heterocycles. The summed E-state index contributed by atoms with van der Waals surface area (Å²) in [5, 5.41) is 13.1. The minimum Gasteiger partial charge on any atom is -0.435 e. The van der Waals surface area contributed by atoms with E-state index >= 15 is 13.2 Å². The monoisotopic (exact) mass is 1600 g/mol. The first-order valence-electron chi connectivity index (χ1n) is 39.1. The number of piperazine rings is 3. The minimum atomic E-state index is -0.746. The van der Waals surface area contributed by atoms with Crippen LogP contribution in [0.25, 0.3) is 32.7 Å². The van der Waals surface area contributed by atoms with Gasteiger partial charge in [-0.05, 0) is 145 Å². The molecule has 6 aromatic carbocycles. The number of carbonyl (C=O) groups excluding carboxylic acids is 3. The molecule has 0 atom stereocenters. The Balaban J connectivity index is 0.000000131. The number of likely N-dealkylation sites (tertiary alicyclic amines) is 3. The highest BCUT2D eigenvalue weighted by atomic mass is 19.1.